The molecule has 100 valence electrons. The highest BCUT2D eigenvalue weighted by molar-refractivity contribution is 5.50. The van der Waals surface area contributed by atoms with E-state index in [2.05, 4.69) is 17.2 Å². The van der Waals surface area contributed by atoms with Crippen molar-refractivity contribution in [1.29, 1.82) is 0 Å². The van der Waals surface area contributed by atoms with Crippen LogP contribution in [0.1, 0.15) is 33.6 Å². The monoisotopic (exact) mass is 250 g/mol. The molecule has 0 saturated carbocycles. The molecule has 0 radical (unpaired) electrons. The van der Waals surface area contributed by atoms with E-state index in [1.54, 1.807) is 6.20 Å². The van der Waals surface area contributed by atoms with Gasteiger partial charge in [-0.2, -0.15) is 0 Å². The van der Waals surface area contributed by atoms with Gasteiger partial charge in [0.15, 0.2) is 11.6 Å². The summed E-state index contributed by atoms with van der Waals surface area (Å²) in [5, 5.41) is 3.47. The number of rotatable bonds is 4. The maximum absolute atomic E-state index is 5.76. The Bertz CT molecular complexity index is 382. The fraction of sp³-hybridized carbons (Fsp3) is 0.643. The van der Waals surface area contributed by atoms with Crippen LogP contribution in [0.2, 0.25) is 0 Å². The standard InChI is InChI=1S/C14H22N2O2/c1-10(2)18-13-5-4-7-15-14(13)16-12-6-8-17-11(3)9-12/h4-5,7,10-12H,6,8-9H2,1-3H3,(H,15,16). The Morgan fingerprint density at radius 3 is 3.06 bits per heavy atom. The normalized spacial score (nSPS) is 24.0. The summed E-state index contributed by atoms with van der Waals surface area (Å²) in [6, 6.07) is 4.27. The zero-order valence-corrected chi connectivity index (χ0v) is 11.3. The molecule has 0 aliphatic carbocycles. The molecule has 0 aromatic carbocycles. The lowest BCUT2D eigenvalue weighted by Gasteiger charge is -2.29. The van der Waals surface area contributed by atoms with Crippen molar-refractivity contribution in [2.24, 2.45) is 0 Å². The van der Waals surface area contributed by atoms with E-state index in [-0.39, 0.29) is 6.10 Å². The lowest BCUT2D eigenvalue weighted by molar-refractivity contribution is 0.0231. The molecule has 0 amide bonds. The van der Waals surface area contributed by atoms with Crippen molar-refractivity contribution in [2.75, 3.05) is 11.9 Å². The van der Waals surface area contributed by atoms with Gasteiger partial charge in [0, 0.05) is 18.8 Å². The Kier molecular flexibility index (Phi) is 4.42. The Morgan fingerprint density at radius 2 is 2.33 bits per heavy atom. The molecule has 1 fully saturated rings. The van der Waals surface area contributed by atoms with E-state index in [1.807, 2.05) is 26.0 Å². The van der Waals surface area contributed by atoms with Crippen LogP contribution in [0.5, 0.6) is 5.75 Å². The summed E-state index contributed by atoms with van der Waals surface area (Å²) < 4.78 is 11.3. The lowest BCUT2D eigenvalue weighted by Crippen LogP contribution is -2.33. The first-order chi connectivity index (χ1) is 8.65. The number of ether oxygens (including phenoxy) is 2. The molecule has 4 heteroatoms. The van der Waals surface area contributed by atoms with Crippen molar-refractivity contribution in [3.05, 3.63) is 18.3 Å². The molecule has 2 heterocycles. The highest BCUT2D eigenvalue weighted by Crippen LogP contribution is 2.25. The van der Waals surface area contributed by atoms with E-state index >= 15 is 0 Å². The Labute approximate surface area is 109 Å². The molecule has 2 unspecified atom stereocenters. The van der Waals surface area contributed by atoms with E-state index in [0.29, 0.717) is 12.1 Å². The van der Waals surface area contributed by atoms with Gasteiger partial charge in [-0.05, 0) is 45.7 Å². The molecule has 1 aliphatic heterocycles. The molecule has 18 heavy (non-hydrogen) atoms. The zero-order valence-electron chi connectivity index (χ0n) is 11.3. The number of pyridine rings is 1. The first kappa shape index (κ1) is 13.1. The number of anilines is 1. The molecule has 4 nitrogen and oxygen atoms in total. The summed E-state index contributed by atoms with van der Waals surface area (Å²) in [6.45, 7) is 6.96. The highest BCUT2D eigenvalue weighted by Gasteiger charge is 2.20. The van der Waals surface area contributed by atoms with Crippen LogP contribution >= 0.6 is 0 Å². The Balaban J connectivity index is 2.03. The summed E-state index contributed by atoms with van der Waals surface area (Å²) >= 11 is 0. The van der Waals surface area contributed by atoms with Gasteiger partial charge in [0.2, 0.25) is 0 Å². The molecule has 2 rings (SSSR count). The molecule has 2 atom stereocenters. The van der Waals surface area contributed by atoms with Crippen LogP contribution in [0.3, 0.4) is 0 Å². The highest BCUT2D eigenvalue weighted by atomic mass is 16.5. The Hall–Kier alpha value is -1.29. The predicted molar refractivity (Wildman–Crippen MR) is 72.1 cm³/mol. The van der Waals surface area contributed by atoms with Crippen molar-refractivity contribution < 1.29 is 9.47 Å². The average molecular weight is 250 g/mol. The van der Waals surface area contributed by atoms with Crippen LogP contribution in [-0.2, 0) is 4.74 Å². The maximum atomic E-state index is 5.76. The van der Waals surface area contributed by atoms with Crippen molar-refractivity contribution in [3.63, 3.8) is 0 Å². The minimum Gasteiger partial charge on any atom is -0.487 e. The third-order valence-electron chi connectivity index (χ3n) is 2.96. The van der Waals surface area contributed by atoms with Gasteiger partial charge in [0.1, 0.15) is 0 Å². The molecule has 0 spiro atoms. The fourth-order valence-electron chi connectivity index (χ4n) is 2.17. The third kappa shape index (κ3) is 3.60. The first-order valence-electron chi connectivity index (χ1n) is 6.65. The van der Waals surface area contributed by atoms with E-state index < -0.39 is 0 Å². The van der Waals surface area contributed by atoms with Crippen LogP contribution in [0, 0.1) is 0 Å². The van der Waals surface area contributed by atoms with E-state index in [4.69, 9.17) is 9.47 Å². The van der Waals surface area contributed by atoms with E-state index in [1.165, 1.54) is 0 Å². The average Bonchev–Trinajstić information content (AvgIpc) is 2.31. The Morgan fingerprint density at radius 1 is 1.50 bits per heavy atom. The SMILES string of the molecule is CC(C)Oc1cccnc1NC1CCOC(C)C1. The molecular formula is C14H22N2O2. The summed E-state index contributed by atoms with van der Waals surface area (Å²) in [5.74, 6) is 1.66. The molecule has 1 aliphatic rings. The fourth-order valence-corrected chi connectivity index (χ4v) is 2.17. The summed E-state index contributed by atoms with van der Waals surface area (Å²) in [7, 11) is 0. The van der Waals surface area contributed by atoms with Crippen molar-refractivity contribution in [2.45, 2.75) is 51.9 Å². The molecule has 1 saturated heterocycles. The van der Waals surface area contributed by atoms with Gasteiger partial charge < -0.3 is 14.8 Å². The number of nitrogens with zero attached hydrogens (tertiary/aromatic N) is 1. The number of aromatic nitrogens is 1. The van der Waals surface area contributed by atoms with E-state index in [9.17, 15) is 0 Å². The molecular weight excluding hydrogens is 228 g/mol. The van der Waals surface area contributed by atoms with Crippen LogP contribution in [0.4, 0.5) is 5.82 Å². The molecule has 1 aromatic heterocycles. The summed E-state index contributed by atoms with van der Waals surface area (Å²) in [4.78, 5) is 4.37. The van der Waals surface area contributed by atoms with Crippen molar-refractivity contribution >= 4 is 5.82 Å². The van der Waals surface area contributed by atoms with Crippen LogP contribution < -0.4 is 10.1 Å². The predicted octanol–water partition coefficient (Wildman–Crippen LogP) is 2.85. The van der Waals surface area contributed by atoms with Gasteiger partial charge in [0.25, 0.3) is 0 Å². The molecule has 1 aromatic rings. The van der Waals surface area contributed by atoms with Crippen LogP contribution in [0.15, 0.2) is 18.3 Å². The minimum absolute atomic E-state index is 0.156. The molecule has 0 bridgehead atoms. The lowest BCUT2D eigenvalue weighted by atomic mass is 10.0. The van der Waals surface area contributed by atoms with Gasteiger partial charge in [0.05, 0.1) is 12.2 Å². The van der Waals surface area contributed by atoms with Gasteiger partial charge in [-0.15, -0.1) is 0 Å². The maximum Gasteiger partial charge on any atom is 0.168 e. The number of hydrogen-bond acceptors (Lipinski definition) is 4. The van der Waals surface area contributed by atoms with Gasteiger partial charge in [-0.3, -0.25) is 0 Å². The van der Waals surface area contributed by atoms with Gasteiger partial charge in [-0.1, -0.05) is 0 Å². The number of hydrogen-bond donors (Lipinski definition) is 1. The largest absolute Gasteiger partial charge is 0.487 e. The van der Waals surface area contributed by atoms with Crippen molar-refractivity contribution in [1.82, 2.24) is 4.98 Å². The smallest absolute Gasteiger partial charge is 0.168 e. The zero-order chi connectivity index (χ0) is 13.0. The quantitative estimate of drug-likeness (QED) is 0.892. The summed E-state index contributed by atoms with van der Waals surface area (Å²) in [6.07, 6.45) is 4.29. The van der Waals surface area contributed by atoms with Gasteiger partial charge >= 0.3 is 0 Å². The van der Waals surface area contributed by atoms with E-state index in [0.717, 1.165) is 31.0 Å². The minimum atomic E-state index is 0.156. The van der Waals surface area contributed by atoms with Gasteiger partial charge in [-0.25, -0.2) is 4.98 Å². The van der Waals surface area contributed by atoms with Crippen LogP contribution in [-0.4, -0.2) is 29.8 Å². The second kappa shape index (κ2) is 6.05. The van der Waals surface area contributed by atoms with Crippen LogP contribution in [0.25, 0.3) is 0 Å². The second-order valence-corrected chi connectivity index (χ2v) is 5.06. The molecule has 1 N–H and O–H groups in total. The summed E-state index contributed by atoms with van der Waals surface area (Å²) in [5.41, 5.74) is 0. The van der Waals surface area contributed by atoms with Crippen molar-refractivity contribution in [3.8, 4) is 5.75 Å². The topological polar surface area (TPSA) is 43.4 Å². The third-order valence-corrected chi connectivity index (χ3v) is 2.96. The number of nitrogens with one attached hydrogen (secondary N) is 1. The first-order valence-corrected chi connectivity index (χ1v) is 6.65. The second-order valence-electron chi connectivity index (χ2n) is 5.06.